The van der Waals surface area contributed by atoms with E-state index in [1.807, 2.05) is 0 Å². The van der Waals surface area contributed by atoms with E-state index in [1.165, 1.54) is 19.3 Å². The van der Waals surface area contributed by atoms with E-state index in [4.69, 9.17) is 14.2 Å². The number of fused-ring (bicyclic) bond motifs is 1. The van der Waals surface area contributed by atoms with Crippen LogP contribution in [-0.2, 0) is 14.2 Å². The highest BCUT2D eigenvalue weighted by Gasteiger charge is 2.54. The zero-order valence-corrected chi connectivity index (χ0v) is 9.57. The molecule has 2 saturated heterocycles. The van der Waals surface area contributed by atoms with Crippen LogP contribution < -0.4 is 0 Å². The van der Waals surface area contributed by atoms with Crippen molar-refractivity contribution in [3.8, 4) is 0 Å². The summed E-state index contributed by atoms with van der Waals surface area (Å²) in [6.07, 6.45) is 5.03. The summed E-state index contributed by atoms with van der Waals surface area (Å²) in [5, 5.41) is 0. The molecule has 5 unspecified atom stereocenters. The van der Waals surface area contributed by atoms with Gasteiger partial charge in [0.2, 0.25) is 0 Å². The average molecular weight is 212 g/mol. The Morgan fingerprint density at radius 1 is 1.40 bits per heavy atom. The van der Waals surface area contributed by atoms with Crippen molar-refractivity contribution in [2.24, 2.45) is 5.92 Å². The van der Waals surface area contributed by atoms with Crippen LogP contribution in [0.1, 0.15) is 33.1 Å². The lowest BCUT2D eigenvalue weighted by molar-refractivity contribution is -0.0374. The van der Waals surface area contributed by atoms with Gasteiger partial charge in [-0.1, -0.05) is 0 Å². The molecule has 5 atom stereocenters. The van der Waals surface area contributed by atoms with Crippen LogP contribution in [0, 0.1) is 5.92 Å². The highest BCUT2D eigenvalue weighted by molar-refractivity contribution is 5.03. The molecule has 0 radical (unpaired) electrons. The van der Waals surface area contributed by atoms with E-state index >= 15 is 0 Å². The molecule has 0 spiro atoms. The normalized spacial score (nSPS) is 49.6. The molecular weight excluding hydrogens is 192 g/mol. The van der Waals surface area contributed by atoms with Crippen molar-refractivity contribution in [2.45, 2.75) is 57.0 Å². The topological polar surface area (TPSA) is 34.3 Å². The van der Waals surface area contributed by atoms with Crippen LogP contribution >= 0.6 is 0 Å². The first-order valence-electron chi connectivity index (χ1n) is 6.14. The fraction of sp³-hybridized carbons (Fsp3) is 1.00. The Bertz CT molecular complexity index is 249. The minimum absolute atomic E-state index is 0.00238. The molecule has 0 bridgehead atoms. The van der Waals surface area contributed by atoms with Crippen molar-refractivity contribution in [2.75, 3.05) is 13.2 Å². The SMILES string of the molecule is CCOC(C1CCC2OC2C1)C1(C)CO1. The van der Waals surface area contributed by atoms with E-state index in [0.29, 0.717) is 18.1 Å². The van der Waals surface area contributed by atoms with Gasteiger partial charge >= 0.3 is 0 Å². The van der Waals surface area contributed by atoms with Crippen molar-refractivity contribution in [3.05, 3.63) is 0 Å². The second kappa shape index (κ2) is 3.44. The summed E-state index contributed by atoms with van der Waals surface area (Å²) < 4.78 is 17.0. The maximum absolute atomic E-state index is 5.89. The molecule has 0 aromatic rings. The first kappa shape index (κ1) is 10.1. The maximum atomic E-state index is 5.89. The minimum atomic E-state index is 0.00238. The van der Waals surface area contributed by atoms with Crippen LogP contribution in [0.25, 0.3) is 0 Å². The molecule has 0 amide bonds. The lowest BCUT2D eigenvalue weighted by Gasteiger charge is -2.31. The molecule has 3 nitrogen and oxygen atoms in total. The van der Waals surface area contributed by atoms with Gasteiger partial charge in [-0.3, -0.25) is 0 Å². The smallest absolute Gasteiger partial charge is 0.115 e. The average Bonchev–Trinajstić information content (AvgIpc) is 3.10. The number of ether oxygens (including phenoxy) is 3. The molecule has 0 aromatic carbocycles. The van der Waals surface area contributed by atoms with Gasteiger partial charge in [-0.2, -0.15) is 0 Å². The van der Waals surface area contributed by atoms with E-state index in [9.17, 15) is 0 Å². The van der Waals surface area contributed by atoms with Gasteiger partial charge in [0.25, 0.3) is 0 Å². The predicted octanol–water partition coefficient (Wildman–Crippen LogP) is 1.75. The van der Waals surface area contributed by atoms with Crippen molar-refractivity contribution in [1.82, 2.24) is 0 Å². The van der Waals surface area contributed by atoms with Crippen molar-refractivity contribution < 1.29 is 14.2 Å². The number of epoxide rings is 2. The minimum Gasteiger partial charge on any atom is -0.375 e. The molecule has 0 aromatic heterocycles. The molecule has 3 rings (SSSR count). The van der Waals surface area contributed by atoms with Crippen LogP contribution in [0.2, 0.25) is 0 Å². The zero-order valence-electron chi connectivity index (χ0n) is 9.57. The number of hydrogen-bond acceptors (Lipinski definition) is 3. The van der Waals surface area contributed by atoms with Crippen molar-refractivity contribution >= 4 is 0 Å². The molecular formula is C12H20O3. The Kier molecular flexibility index (Phi) is 2.31. The Balaban J connectivity index is 1.65. The Labute approximate surface area is 91.1 Å². The molecule has 3 heteroatoms. The highest BCUT2D eigenvalue weighted by Crippen LogP contribution is 2.46. The van der Waals surface area contributed by atoms with Crippen LogP contribution in [0.4, 0.5) is 0 Å². The van der Waals surface area contributed by atoms with E-state index in [2.05, 4.69) is 13.8 Å². The third-order valence-corrected chi connectivity index (χ3v) is 4.02. The summed E-state index contributed by atoms with van der Waals surface area (Å²) in [6.45, 7) is 5.89. The predicted molar refractivity (Wildman–Crippen MR) is 55.8 cm³/mol. The Morgan fingerprint density at radius 3 is 2.80 bits per heavy atom. The summed E-state index contributed by atoms with van der Waals surface area (Å²) >= 11 is 0. The van der Waals surface area contributed by atoms with Gasteiger partial charge in [0.05, 0.1) is 24.9 Å². The Morgan fingerprint density at radius 2 is 2.20 bits per heavy atom. The summed E-state index contributed by atoms with van der Waals surface area (Å²) in [7, 11) is 0. The largest absolute Gasteiger partial charge is 0.375 e. The van der Waals surface area contributed by atoms with Gasteiger partial charge < -0.3 is 14.2 Å². The van der Waals surface area contributed by atoms with E-state index in [1.54, 1.807) is 0 Å². The summed E-state index contributed by atoms with van der Waals surface area (Å²) in [6, 6.07) is 0. The number of hydrogen-bond donors (Lipinski definition) is 0. The molecule has 2 aliphatic heterocycles. The zero-order chi connectivity index (χ0) is 10.5. The second-order valence-electron chi connectivity index (χ2n) is 5.26. The fourth-order valence-corrected chi connectivity index (χ4v) is 2.98. The van der Waals surface area contributed by atoms with Crippen LogP contribution in [-0.4, -0.2) is 37.1 Å². The third kappa shape index (κ3) is 1.81. The molecule has 2 heterocycles. The van der Waals surface area contributed by atoms with Crippen molar-refractivity contribution in [3.63, 3.8) is 0 Å². The highest BCUT2D eigenvalue weighted by atomic mass is 16.6. The van der Waals surface area contributed by atoms with Gasteiger partial charge in [0, 0.05) is 6.61 Å². The van der Waals surface area contributed by atoms with E-state index in [0.717, 1.165) is 13.2 Å². The standard InChI is InChI=1S/C12H20O3/c1-3-13-11(12(2)7-14-12)8-4-5-9-10(6-8)15-9/h8-11H,3-7H2,1-2H3. The molecule has 0 N–H and O–H groups in total. The molecule has 15 heavy (non-hydrogen) atoms. The lowest BCUT2D eigenvalue weighted by atomic mass is 9.81. The van der Waals surface area contributed by atoms with Crippen molar-refractivity contribution in [1.29, 1.82) is 0 Å². The summed E-state index contributed by atoms with van der Waals surface area (Å²) in [4.78, 5) is 0. The fourth-order valence-electron chi connectivity index (χ4n) is 2.98. The molecule has 1 aliphatic carbocycles. The van der Waals surface area contributed by atoms with Gasteiger partial charge in [-0.05, 0) is 39.0 Å². The van der Waals surface area contributed by atoms with Gasteiger partial charge in [-0.15, -0.1) is 0 Å². The van der Waals surface area contributed by atoms with Crippen LogP contribution in [0.15, 0.2) is 0 Å². The molecule has 3 fully saturated rings. The van der Waals surface area contributed by atoms with Crippen LogP contribution in [0.3, 0.4) is 0 Å². The van der Waals surface area contributed by atoms with Gasteiger partial charge in [0.15, 0.2) is 0 Å². The maximum Gasteiger partial charge on any atom is 0.115 e. The van der Waals surface area contributed by atoms with E-state index in [-0.39, 0.29) is 11.7 Å². The quantitative estimate of drug-likeness (QED) is 0.666. The first-order chi connectivity index (χ1) is 7.23. The summed E-state index contributed by atoms with van der Waals surface area (Å²) in [5.41, 5.74) is 0.00238. The molecule has 1 saturated carbocycles. The summed E-state index contributed by atoms with van der Waals surface area (Å²) in [5.74, 6) is 0.640. The van der Waals surface area contributed by atoms with E-state index < -0.39 is 0 Å². The monoisotopic (exact) mass is 212 g/mol. The van der Waals surface area contributed by atoms with Gasteiger partial charge in [0.1, 0.15) is 5.60 Å². The Hall–Kier alpha value is -0.120. The van der Waals surface area contributed by atoms with Gasteiger partial charge in [-0.25, -0.2) is 0 Å². The molecule has 3 aliphatic rings. The first-order valence-corrected chi connectivity index (χ1v) is 6.14. The number of rotatable bonds is 4. The lowest BCUT2D eigenvalue weighted by Crippen LogP contribution is -2.39. The van der Waals surface area contributed by atoms with Crippen LogP contribution in [0.5, 0.6) is 0 Å². The molecule has 86 valence electrons. The third-order valence-electron chi connectivity index (χ3n) is 4.02. The second-order valence-corrected chi connectivity index (χ2v) is 5.26.